The number of amides is 2. The van der Waals surface area contributed by atoms with E-state index >= 15 is 0 Å². The molecular weight excluding hydrogens is 514 g/mol. The van der Waals surface area contributed by atoms with Crippen LogP contribution in [0.3, 0.4) is 0 Å². The first-order chi connectivity index (χ1) is 18.3. The van der Waals surface area contributed by atoms with E-state index in [0.717, 1.165) is 0 Å². The number of ether oxygens (including phenoxy) is 3. The highest BCUT2D eigenvalue weighted by molar-refractivity contribution is 6.12. The van der Waals surface area contributed by atoms with Gasteiger partial charge in [-0.25, -0.2) is 0 Å². The fourth-order valence-corrected chi connectivity index (χ4v) is 5.06. The quantitative estimate of drug-likeness (QED) is 0.151. The zero-order valence-corrected chi connectivity index (χ0v) is 26.0. The largest absolute Gasteiger partial charge is 0.498 e. The number of esters is 2. The minimum atomic E-state index is -0.625. The molecule has 0 spiro atoms. The Balaban J connectivity index is 2.80. The standard InChI is InChI=1S/C31H51NO8/c1-21(2)27(31(9,10)30(7,8)23(20-29(4,5)6)28(37)39-19-17-33)40-26(36)15-18-38-22(3)12-11-16-32-24(34)13-14-25(32)35/h13-14,21,23,27,33H,3,11-12,15-20H2,1-2,4-10H3. The van der Waals surface area contributed by atoms with Gasteiger partial charge in [0.05, 0.1) is 31.3 Å². The van der Waals surface area contributed by atoms with E-state index in [9.17, 15) is 24.3 Å². The summed E-state index contributed by atoms with van der Waals surface area (Å²) >= 11 is 0. The molecule has 0 aromatic carbocycles. The smallest absolute Gasteiger partial charge is 0.309 e. The van der Waals surface area contributed by atoms with Crippen LogP contribution in [0.5, 0.6) is 0 Å². The second-order valence-corrected chi connectivity index (χ2v) is 13.2. The van der Waals surface area contributed by atoms with E-state index in [1.165, 1.54) is 17.1 Å². The molecule has 0 fully saturated rings. The van der Waals surface area contributed by atoms with E-state index in [2.05, 4.69) is 27.4 Å². The predicted molar refractivity (Wildman–Crippen MR) is 153 cm³/mol. The maximum atomic E-state index is 13.2. The zero-order chi connectivity index (χ0) is 30.9. The molecule has 2 atom stereocenters. The van der Waals surface area contributed by atoms with Crippen molar-refractivity contribution in [3.63, 3.8) is 0 Å². The van der Waals surface area contributed by atoms with Crippen LogP contribution >= 0.6 is 0 Å². The van der Waals surface area contributed by atoms with Gasteiger partial charge in [-0.2, -0.15) is 0 Å². The van der Waals surface area contributed by atoms with Crippen LogP contribution in [0.1, 0.15) is 88.0 Å². The summed E-state index contributed by atoms with van der Waals surface area (Å²) in [7, 11) is 0. The lowest BCUT2D eigenvalue weighted by Gasteiger charge is -2.51. The van der Waals surface area contributed by atoms with Gasteiger partial charge in [0.25, 0.3) is 11.8 Å². The molecule has 0 aromatic heterocycles. The molecule has 1 rings (SSSR count). The summed E-state index contributed by atoms with van der Waals surface area (Å²) in [5.74, 6) is -1.46. The molecule has 0 radical (unpaired) electrons. The molecule has 0 aliphatic carbocycles. The van der Waals surface area contributed by atoms with Crippen molar-refractivity contribution in [3.8, 4) is 0 Å². The lowest BCUT2D eigenvalue weighted by molar-refractivity contribution is -0.178. The summed E-state index contributed by atoms with van der Waals surface area (Å²) in [6.45, 7) is 22.2. The Morgan fingerprint density at radius 3 is 2.00 bits per heavy atom. The van der Waals surface area contributed by atoms with Gasteiger partial charge in [0.2, 0.25) is 0 Å². The van der Waals surface area contributed by atoms with Crippen LogP contribution in [0.15, 0.2) is 24.5 Å². The second-order valence-electron chi connectivity index (χ2n) is 13.2. The van der Waals surface area contributed by atoms with Gasteiger partial charge in [-0.3, -0.25) is 24.1 Å². The SMILES string of the molecule is C=C(CCCN1C(=O)C=CC1=O)OCCC(=O)OC(C(C)C)C(C)(C)C(C)(C)C(CC(C)(C)C)C(=O)OCCO. The van der Waals surface area contributed by atoms with Crippen LogP contribution in [-0.2, 0) is 33.4 Å². The number of aliphatic hydroxyl groups excluding tert-OH is 1. The summed E-state index contributed by atoms with van der Waals surface area (Å²) in [5, 5.41) is 9.18. The van der Waals surface area contributed by atoms with Crippen molar-refractivity contribution in [3.05, 3.63) is 24.5 Å². The minimum absolute atomic E-state index is 0.0235. The third-order valence-corrected chi connectivity index (χ3v) is 7.89. The number of rotatable bonds is 17. The first-order valence-electron chi connectivity index (χ1n) is 14.2. The Labute approximate surface area is 240 Å². The lowest BCUT2D eigenvalue weighted by atomic mass is 9.55. The Bertz CT molecular complexity index is 923. The molecule has 1 heterocycles. The van der Waals surface area contributed by atoms with E-state index in [1.807, 2.05) is 41.5 Å². The molecule has 0 aromatic rings. The zero-order valence-electron chi connectivity index (χ0n) is 26.0. The van der Waals surface area contributed by atoms with Crippen molar-refractivity contribution in [2.24, 2.45) is 28.1 Å². The molecule has 0 saturated carbocycles. The molecule has 0 saturated heterocycles. The fourth-order valence-electron chi connectivity index (χ4n) is 5.06. The minimum Gasteiger partial charge on any atom is -0.498 e. The topological polar surface area (TPSA) is 119 Å². The van der Waals surface area contributed by atoms with Gasteiger partial charge in [-0.05, 0) is 29.6 Å². The molecule has 9 heteroatoms. The second kappa shape index (κ2) is 14.8. The number of imide groups is 1. The van der Waals surface area contributed by atoms with Crippen molar-refractivity contribution >= 4 is 23.8 Å². The van der Waals surface area contributed by atoms with Crippen LogP contribution in [0.4, 0.5) is 0 Å². The lowest BCUT2D eigenvalue weighted by Crippen LogP contribution is -2.53. The normalized spacial score (nSPS) is 15.8. The van der Waals surface area contributed by atoms with E-state index in [-0.39, 0.29) is 61.9 Å². The van der Waals surface area contributed by atoms with Crippen LogP contribution in [0.25, 0.3) is 0 Å². The third kappa shape index (κ3) is 10.1. The van der Waals surface area contributed by atoms with Gasteiger partial charge in [-0.15, -0.1) is 0 Å². The molecule has 2 amide bonds. The van der Waals surface area contributed by atoms with E-state index in [4.69, 9.17) is 14.2 Å². The number of allylic oxidation sites excluding steroid dienone is 1. The van der Waals surface area contributed by atoms with Gasteiger partial charge >= 0.3 is 11.9 Å². The van der Waals surface area contributed by atoms with Crippen molar-refractivity contribution in [2.45, 2.75) is 94.1 Å². The number of carbonyl (C=O) groups excluding carboxylic acids is 4. The maximum Gasteiger partial charge on any atom is 0.309 e. The van der Waals surface area contributed by atoms with Gasteiger partial charge in [0.1, 0.15) is 12.7 Å². The summed E-state index contributed by atoms with van der Waals surface area (Å²) in [4.78, 5) is 50.5. The van der Waals surface area contributed by atoms with Crippen molar-refractivity contribution < 1.29 is 38.5 Å². The molecule has 40 heavy (non-hydrogen) atoms. The highest BCUT2D eigenvalue weighted by atomic mass is 16.6. The average molecular weight is 566 g/mol. The predicted octanol–water partition coefficient (Wildman–Crippen LogP) is 4.82. The maximum absolute atomic E-state index is 13.2. The van der Waals surface area contributed by atoms with E-state index < -0.39 is 28.8 Å². The summed E-state index contributed by atoms with van der Waals surface area (Å²) < 4.78 is 17.0. The number of carbonyl (C=O) groups is 4. The molecule has 9 nitrogen and oxygen atoms in total. The fraction of sp³-hybridized carbons (Fsp3) is 0.742. The van der Waals surface area contributed by atoms with Gasteiger partial charge in [0, 0.05) is 30.5 Å². The Morgan fingerprint density at radius 1 is 0.925 bits per heavy atom. The Morgan fingerprint density at radius 2 is 1.50 bits per heavy atom. The average Bonchev–Trinajstić information content (AvgIpc) is 3.15. The van der Waals surface area contributed by atoms with Crippen LogP contribution in [0.2, 0.25) is 0 Å². The molecule has 228 valence electrons. The van der Waals surface area contributed by atoms with Crippen LogP contribution < -0.4 is 0 Å². The first kappa shape index (κ1) is 35.3. The molecule has 2 unspecified atom stereocenters. The molecule has 1 aliphatic heterocycles. The number of nitrogens with zero attached hydrogens (tertiary/aromatic N) is 1. The highest BCUT2D eigenvalue weighted by Gasteiger charge is 2.53. The highest BCUT2D eigenvalue weighted by Crippen LogP contribution is 2.52. The Kier molecular flexibility index (Phi) is 13.1. The molecule has 1 N–H and O–H groups in total. The molecular formula is C31H51NO8. The van der Waals surface area contributed by atoms with Gasteiger partial charge < -0.3 is 19.3 Å². The van der Waals surface area contributed by atoms with Crippen molar-refractivity contribution in [1.82, 2.24) is 4.90 Å². The summed E-state index contributed by atoms with van der Waals surface area (Å²) in [5.41, 5.74) is -1.40. The van der Waals surface area contributed by atoms with Crippen molar-refractivity contribution in [1.29, 1.82) is 0 Å². The molecule has 0 bridgehead atoms. The number of hydrogen-bond acceptors (Lipinski definition) is 8. The first-order valence-corrected chi connectivity index (χ1v) is 14.2. The number of aliphatic hydroxyl groups is 1. The van der Waals surface area contributed by atoms with E-state index in [1.54, 1.807) is 0 Å². The van der Waals surface area contributed by atoms with Crippen LogP contribution in [-0.4, -0.2) is 66.2 Å². The van der Waals surface area contributed by atoms with Gasteiger partial charge in [0.15, 0.2) is 0 Å². The van der Waals surface area contributed by atoms with Crippen molar-refractivity contribution in [2.75, 3.05) is 26.4 Å². The summed E-state index contributed by atoms with van der Waals surface area (Å²) in [6.07, 6.45) is 3.56. The number of hydrogen-bond donors (Lipinski definition) is 1. The molecule has 1 aliphatic rings. The third-order valence-electron chi connectivity index (χ3n) is 7.89. The Hall–Kier alpha value is -2.68. The van der Waals surface area contributed by atoms with Crippen LogP contribution in [0, 0.1) is 28.1 Å². The monoisotopic (exact) mass is 565 g/mol. The van der Waals surface area contributed by atoms with Gasteiger partial charge in [-0.1, -0.05) is 68.9 Å². The summed E-state index contributed by atoms with van der Waals surface area (Å²) in [6, 6.07) is 0. The van der Waals surface area contributed by atoms with E-state index in [0.29, 0.717) is 25.0 Å².